The number of hydrogen-bond donors (Lipinski definition) is 2. The van der Waals surface area contributed by atoms with Crippen molar-refractivity contribution in [2.24, 2.45) is 0 Å². The molecule has 0 bridgehead atoms. The molecule has 0 heterocycles. The van der Waals surface area contributed by atoms with Gasteiger partial charge in [-0.15, -0.1) is 0 Å². The fourth-order valence-corrected chi connectivity index (χ4v) is 3.02. The van der Waals surface area contributed by atoms with Gasteiger partial charge in [-0.25, -0.2) is 4.39 Å². The monoisotopic (exact) mass is 350 g/mol. The average molecular weight is 350 g/mol. The lowest BCUT2D eigenvalue weighted by molar-refractivity contribution is 0.414. The Bertz CT molecular complexity index is 849. The van der Waals surface area contributed by atoms with Crippen LogP contribution in [0.15, 0.2) is 72.8 Å². The summed E-state index contributed by atoms with van der Waals surface area (Å²) >= 11 is 0. The van der Waals surface area contributed by atoms with Gasteiger partial charge in [0, 0.05) is 12.2 Å². The normalized spacial score (nSPS) is 11.9. The Hall–Kier alpha value is -2.85. The second kappa shape index (κ2) is 8.50. The Morgan fingerprint density at radius 1 is 0.962 bits per heavy atom. The molecule has 3 rings (SSSR count). The molecule has 0 spiro atoms. The number of anilines is 1. The minimum atomic E-state index is -0.204. The van der Waals surface area contributed by atoms with Crippen molar-refractivity contribution in [2.75, 3.05) is 19.4 Å². The second-order valence-corrected chi connectivity index (χ2v) is 6.21. The average Bonchev–Trinajstić information content (AvgIpc) is 2.65. The molecule has 26 heavy (non-hydrogen) atoms. The molecule has 0 fully saturated rings. The predicted octanol–water partition coefficient (Wildman–Crippen LogP) is 4.34. The van der Waals surface area contributed by atoms with E-state index in [4.69, 9.17) is 10.5 Å². The van der Waals surface area contributed by atoms with Crippen LogP contribution in [0, 0.1) is 5.82 Å². The van der Waals surface area contributed by atoms with E-state index in [0.717, 1.165) is 41.1 Å². The van der Waals surface area contributed by atoms with Crippen LogP contribution in [-0.2, 0) is 6.42 Å². The predicted molar refractivity (Wildman–Crippen MR) is 104 cm³/mol. The SMILES string of the molecule is COc1ccc(C(NCCc2cccc(F)c2)c2cccc(N)c2)cc1. The third kappa shape index (κ3) is 4.61. The largest absolute Gasteiger partial charge is 0.497 e. The van der Waals surface area contributed by atoms with Crippen LogP contribution in [0.1, 0.15) is 22.7 Å². The summed E-state index contributed by atoms with van der Waals surface area (Å²) in [4.78, 5) is 0. The van der Waals surface area contributed by atoms with Gasteiger partial charge in [0.05, 0.1) is 13.2 Å². The van der Waals surface area contributed by atoms with Crippen molar-refractivity contribution in [1.82, 2.24) is 5.32 Å². The number of nitrogen functional groups attached to an aromatic ring is 1. The van der Waals surface area contributed by atoms with Crippen LogP contribution in [-0.4, -0.2) is 13.7 Å². The molecule has 0 radical (unpaired) electrons. The highest BCUT2D eigenvalue weighted by Gasteiger charge is 2.14. The number of benzene rings is 3. The molecule has 0 aliphatic rings. The number of ether oxygens (including phenoxy) is 1. The first-order valence-corrected chi connectivity index (χ1v) is 8.63. The molecule has 3 aromatic rings. The number of hydrogen-bond acceptors (Lipinski definition) is 3. The van der Waals surface area contributed by atoms with E-state index in [9.17, 15) is 4.39 Å². The third-order valence-electron chi connectivity index (χ3n) is 4.34. The van der Waals surface area contributed by atoms with Gasteiger partial charge in [0.1, 0.15) is 11.6 Å². The molecule has 1 unspecified atom stereocenters. The van der Waals surface area contributed by atoms with Crippen molar-refractivity contribution < 1.29 is 9.13 Å². The van der Waals surface area contributed by atoms with Crippen molar-refractivity contribution in [3.8, 4) is 5.75 Å². The van der Waals surface area contributed by atoms with Crippen LogP contribution < -0.4 is 15.8 Å². The highest BCUT2D eigenvalue weighted by molar-refractivity contribution is 5.45. The van der Waals surface area contributed by atoms with E-state index in [0.29, 0.717) is 0 Å². The fourth-order valence-electron chi connectivity index (χ4n) is 3.02. The van der Waals surface area contributed by atoms with Crippen molar-refractivity contribution >= 4 is 5.69 Å². The lowest BCUT2D eigenvalue weighted by atomic mass is 9.97. The molecular formula is C22H23FN2O. The molecule has 3 N–H and O–H groups in total. The summed E-state index contributed by atoms with van der Waals surface area (Å²) in [6.07, 6.45) is 0.743. The first-order chi connectivity index (χ1) is 12.7. The van der Waals surface area contributed by atoms with Crippen molar-refractivity contribution in [1.29, 1.82) is 0 Å². The summed E-state index contributed by atoms with van der Waals surface area (Å²) in [7, 11) is 1.65. The fraction of sp³-hybridized carbons (Fsp3) is 0.182. The number of methoxy groups -OCH3 is 1. The molecule has 0 aliphatic heterocycles. The Balaban J connectivity index is 1.78. The summed E-state index contributed by atoms with van der Waals surface area (Å²) in [6, 6.07) is 22.6. The molecule has 0 amide bonds. The van der Waals surface area contributed by atoms with E-state index in [-0.39, 0.29) is 11.9 Å². The zero-order chi connectivity index (χ0) is 18.4. The summed E-state index contributed by atoms with van der Waals surface area (Å²) in [5.74, 6) is 0.616. The molecule has 134 valence electrons. The maximum Gasteiger partial charge on any atom is 0.123 e. The highest BCUT2D eigenvalue weighted by atomic mass is 19.1. The minimum absolute atomic E-state index is 0.00188. The van der Waals surface area contributed by atoms with Crippen LogP contribution in [0.25, 0.3) is 0 Å². The maximum absolute atomic E-state index is 13.4. The Kier molecular flexibility index (Phi) is 5.87. The molecular weight excluding hydrogens is 327 g/mol. The molecule has 4 heteroatoms. The number of nitrogens with two attached hydrogens (primary N) is 1. The van der Waals surface area contributed by atoms with E-state index < -0.39 is 0 Å². The van der Waals surface area contributed by atoms with Gasteiger partial charge in [0.25, 0.3) is 0 Å². The molecule has 3 aromatic carbocycles. The molecule has 1 atom stereocenters. The molecule has 0 aliphatic carbocycles. The molecule has 0 aromatic heterocycles. The van der Waals surface area contributed by atoms with Gasteiger partial charge in [-0.3, -0.25) is 0 Å². The van der Waals surface area contributed by atoms with Gasteiger partial charge < -0.3 is 15.8 Å². The quantitative estimate of drug-likeness (QED) is 0.623. The van der Waals surface area contributed by atoms with Gasteiger partial charge >= 0.3 is 0 Å². The summed E-state index contributed by atoms with van der Waals surface area (Å²) in [5.41, 5.74) is 9.88. The topological polar surface area (TPSA) is 47.3 Å². The second-order valence-electron chi connectivity index (χ2n) is 6.21. The summed E-state index contributed by atoms with van der Waals surface area (Å²) in [5, 5.41) is 3.57. The van der Waals surface area contributed by atoms with Gasteiger partial charge in [0.15, 0.2) is 0 Å². The van der Waals surface area contributed by atoms with E-state index >= 15 is 0 Å². The van der Waals surface area contributed by atoms with E-state index in [1.807, 2.05) is 48.5 Å². The van der Waals surface area contributed by atoms with Crippen molar-refractivity contribution in [3.63, 3.8) is 0 Å². The van der Waals surface area contributed by atoms with Gasteiger partial charge in [0.2, 0.25) is 0 Å². The number of rotatable bonds is 7. The molecule has 0 saturated carbocycles. The standard InChI is InChI=1S/C22H23FN2O/c1-26-21-10-8-17(9-11-21)22(18-5-3-7-20(24)15-18)25-13-12-16-4-2-6-19(23)14-16/h2-11,14-15,22,25H,12-13,24H2,1H3. The van der Waals surface area contributed by atoms with E-state index in [1.54, 1.807) is 19.2 Å². The van der Waals surface area contributed by atoms with Crippen LogP contribution in [0.4, 0.5) is 10.1 Å². The Labute approximate surface area is 153 Å². The van der Waals surface area contributed by atoms with Crippen LogP contribution in [0.5, 0.6) is 5.75 Å². The minimum Gasteiger partial charge on any atom is -0.497 e. The van der Waals surface area contributed by atoms with Gasteiger partial charge in [-0.05, 0) is 59.5 Å². The first-order valence-electron chi connectivity index (χ1n) is 8.63. The smallest absolute Gasteiger partial charge is 0.123 e. The maximum atomic E-state index is 13.4. The van der Waals surface area contributed by atoms with E-state index in [2.05, 4.69) is 11.4 Å². The summed E-state index contributed by atoms with van der Waals surface area (Å²) < 4.78 is 18.6. The third-order valence-corrected chi connectivity index (χ3v) is 4.34. The van der Waals surface area contributed by atoms with Gasteiger partial charge in [-0.1, -0.05) is 36.4 Å². The van der Waals surface area contributed by atoms with Crippen molar-refractivity contribution in [3.05, 3.63) is 95.3 Å². The first kappa shape index (κ1) is 18.0. The lowest BCUT2D eigenvalue weighted by Gasteiger charge is -2.21. The Morgan fingerprint density at radius 2 is 1.73 bits per heavy atom. The Morgan fingerprint density at radius 3 is 2.42 bits per heavy atom. The number of halogens is 1. The van der Waals surface area contributed by atoms with Gasteiger partial charge in [-0.2, -0.15) is 0 Å². The van der Waals surface area contributed by atoms with Crippen molar-refractivity contribution in [2.45, 2.75) is 12.5 Å². The number of nitrogens with one attached hydrogen (secondary N) is 1. The summed E-state index contributed by atoms with van der Waals surface area (Å²) in [6.45, 7) is 0.717. The van der Waals surface area contributed by atoms with Crippen LogP contribution in [0.2, 0.25) is 0 Å². The van der Waals surface area contributed by atoms with Crippen LogP contribution in [0.3, 0.4) is 0 Å². The molecule has 0 saturated heterocycles. The zero-order valence-electron chi connectivity index (χ0n) is 14.8. The molecule has 3 nitrogen and oxygen atoms in total. The van der Waals surface area contributed by atoms with Crippen LogP contribution >= 0.6 is 0 Å². The highest BCUT2D eigenvalue weighted by Crippen LogP contribution is 2.25. The zero-order valence-corrected chi connectivity index (χ0v) is 14.8. The van der Waals surface area contributed by atoms with E-state index in [1.165, 1.54) is 6.07 Å². The lowest BCUT2D eigenvalue weighted by Crippen LogP contribution is -2.25.